The molecule has 7 heteroatoms. The van der Waals surface area contributed by atoms with Crippen LogP contribution >= 0.6 is 0 Å². The minimum absolute atomic E-state index is 0.296. The second-order valence-corrected chi connectivity index (χ2v) is 4.92. The molecule has 0 saturated carbocycles. The Morgan fingerprint density at radius 1 is 1.26 bits per heavy atom. The van der Waals surface area contributed by atoms with Crippen molar-refractivity contribution in [1.29, 1.82) is 0 Å². The highest BCUT2D eigenvalue weighted by Crippen LogP contribution is 2.10. The number of amides is 1. The van der Waals surface area contributed by atoms with E-state index in [1.165, 1.54) is 12.6 Å². The van der Waals surface area contributed by atoms with Crippen molar-refractivity contribution in [3.8, 4) is 5.69 Å². The minimum atomic E-state index is -0.296. The van der Waals surface area contributed by atoms with E-state index in [0.717, 1.165) is 11.3 Å². The van der Waals surface area contributed by atoms with Gasteiger partial charge in [-0.1, -0.05) is 12.1 Å². The van der Waals surface area contributed by atoms with Crippen LogP contribution in [0.2, 0.25) is 0 Å². The molecule has 3 aromatic rings. The number of aromatic nitrogens is 3. The van der Waals surface area contributed by atoms with Crippen molar-refractivity contribution in [3.05, 3.63) is 66.1 Å². The summed E-state index contributed by atoms with van der Waals surface area (Å²) >= 11 is 0. The zero-order valence-electron chi connectivity index (χ0n) is 12.7. The first-order valence-electron chi connectivity index (χ1n) is 6.99. The highest BCUT2D eigenvalue weighted by Gasteiger charge is 2.10. The fraction of sp³-hybridized carbons (Fsp3) is 0.125. The number of rotatable bonds is 4. The molecule has 2 aromatic heterocycles. The van der Waals surface area contributed by atoms with Crippen molar-refractivity contribution in [2.24, 2.45) is 5.10 Å². The lowest BCUT2D eigenvalue weighted by Crippen LogP contribution is -2.19. The van der Waals surface area contributed by atoms with E-state index in [-0.39, 0.29) is 5.91 Å². The molecule has 0 saturated heterocycles. The molecule has 0 bridgehead atoms. The SMILES string of the molecule is C/C(=N\NC(=O)c1ccoc1C)c1ccc(-n2cncn2)cc1. The van der Waals surface area contributed by atoms with E-state index in [9.17, 15) is 4.79 Å². The van der Waals surface area contributed by atoms with Crippen LogP contribution in [0.1, 0.15) is 28.6 Å². The molecule has 116 valence electrons. The molecule has 0 radical (unpaired) electrons. The first kappa shape index (κ1) is 14.7. The summed E-state index contributed by atoms with van der Waals surface area (Å²) in [5.41, 5.74) is 5.50. The number of carbonyl (C=O) groups excluding carboxylic acids is 1. The van der Waals surface area contributed by atoms with Crippen molar-refractivity contribution in [2.45, 2.75) is 13.8 Å². The number of hydrazone groups is 1. The average Bonchev–Trinajstić information content (AvgIpc) is 3.24. The number of benzene rings is 1. The van der Waals surface area contributed by atoms with Crippen molar-refractivity contribution in [3.63, 3.8) is 0 Å². The molecule has 1 N–H and O–H groups in total. The number of furan rings is 1. The summed E-state index contributed by atoms with van der Waals surface area (Å²) in [5, 5.41) is 8.19. The third kappa shape index (κ3) is 3.18. The molecule has 0 unspecified atom stereocenters. The third-order valence-electron chi connectivity index (χ3n) is 3.40. The number of carbonyl (C=O) groups is 1. The van der Waals surface area contributed by atoms with Crippen molar-refractivity contribution >= 4 is 11.6 Å². The summed E-state index contributed by atoms with van der Waals surface area (Å²) < 4.78 is 6.77. The van der Waals surface area contributed by atoms with Crippen LogP contribution in [-0.2, 0) is 0 Å². The van der Waals surface area contributed by atoms with Gasteiger partial charge in [0.1, 0.15) is 18.4 Å². The van der Waals surface area contributed by atoms with Gasteiger partial charge in [-0.2, -0.15) is 10.2 Å². The lowest BCUT2D eigenvalue weighted by atomic mass is 10.1. The van der Waals surface area contributed by atoms with Gasteiger partial charge in [-0.25, -0.2) is 15.1 Å². The Balaban J connectivity index is 1.71. The fourth-order valence-corrected chi connectivity index (χ4v) is 2.08. The quantitative estimate of drug-likeness (QED) is 0.592. The van der Waals surface area contributed by atoms with Gasteiger partial charge in [-0.15, -0.1) is 0 Å². The second-order valence-electron chi connectivity index (χ2n) is 4.92. The lowest BCUT2D eigenvalue weighted by molar-refractivity contribution is 0.0953. The number of nitrogens with one attached hydrogen (secondary N) is 1. The van der Waals surface area contributed by atoms with Gasteiger partial charge in [-0.3, -0.25) is 4.79 Å². The van der Waals surface area contributed by atoms with Crippen LogP contribution in [0.5, 0.6) is 0 Å². The van der Waals surface area contributed by atoms with Gasteiger partial charge in [0.15, 0.2) is 0 Å². The van der Waals surface area contributed by atoms with E-state index in [0.29, 0.717) is 17.0 Å². The van der Waals surface area contributed by atoms with Crippen LogP contribution in [0.25, 0.3) is 5.69 Å². The molecule has 0 aliphatic rings. The summed E-state index contributed by atoms with van der Waals surface area (Å²) in [5.74, 6) is 0.266. The lowest BCUT2D eigenvalue weighted by Gasteiger charge is -2.04. The highest BCUT2D eigenvalue weighted by molar-refractivity contribution is 6.01. The van der Waals surface area contributed by atoms with Crippen LogP contribution in [-0.4, -0.2) is 26.4 Å². The Hall–Kier alpha value is -3.22. The maximum Gasteiger partial charge on any atom is 0.274 e. The number of aryl methyl sites for hydroxylation is 1. The molecule has 1 amide bonds. The molecule has 0 aliphatic heterocycles. The smallest absolute Gasteiger partial charge is 0.274 e. The van der Waals surface area contributed by atoms with E-state index in [2.05, 4.69) is 20.6 Å². The predicted molar refractivity (Wildman–Crippen MR) is 84.5 cm³/mol. The molecule has 0 spiro atoms. The van der Waals surface area contributed by atoms with Crippen molar-refractivity contribution in [1.82, 2.24) is 20.2 Å². The molecule has 0 fully saturated rings. The molecule has 3 rings (SSSR count). The predicted octanol–water partition coefficient (Wildman–Crippen LogP) is 2.32. The van der Waals surface area contributed by atoms with Crippen LogP contribution in [0, 0.1) is 6.92 Å². The van der Waals surface area contributed by atoms with Gasteiger partial charge in [0.05, 0.1) is 23.2 Å². The van der Waals surface area contributed by atoms with Gasteiger partial charge in [-0.05, 0) is 37.6 Å². The number of nitrogens with zero attached hydrogens (tertiary/aromatic N) is 4. The third-order valence-corrected chi connectivity index (χ3v) is 3.40. The minimum Gasteiger partial charge on any atom is -0.469 e. The van der Waals surface area contributed by atoms with Crippen molar-refractivity contribution < 1.29 is 9.21 Å². The second kappa shape index (κ2) is 6.27. The van der Waals surface area contributed by atoms with E-state index in [1.807, 2.05) is 31.2 Å². The monoisotopic (exact) mass is 309 g/mol. The zero-order valence-corrected chi connectivity index (χ0v) is 12.7. The molecule has 2 heterocycles. The van der Waals surface area contributed by atoms with Gasteiger partial charge in [0.25, 0.3) is 5.91 Å². The van der Waals surface area contributed by atoms with Gasteiger partial charge < -0.3 is 4.42 Å². The van der Waals surface area contributed by atoms with E-state index in [4.69, 9.17) is 4.42 Å². The Labute approximate surface area is 132 Å². The first-order valence-corrected chi connectivity index (χ1v) is 6.99. The van der Waals surface area contributed by atoms with Gasteiger partial charge in [0, 0.05) is 0 Å². The van der Waals surface area contributed by atoms with Crippen LogP contribution in [0.3, 0.4) is 0 Å². The standard InChI is InChI=1S/C16H15N5O2/c1-11(19-20-16(22)15-7-8-23-12(15)2)13-3-5-14(6-4-13)21-10-17-9-18-21/h3-10H,1-2H3,(H,20,22)/b19-11+. The molecule has 7 nitrogen and oxygen atoms in total. The summed E-state index contributed by atoms with van der Waals surface area (Å²) in [4.78, 5) is 15.9. The highest BCUT2D eigenvalue weighted by atomic mass is 16.3. The summed E-state index contributed by atoms with van der Waals surface area (Å²) in [6.07, 6.45) is 4.58. The Kier molecular flexibility index (Phi) is 4.01. The molecular formula is C16H15N5O2. The fourth-order valence-electron chi connectivity index (χ4n) is 2.08. The maximum atomic E-state index is 12.0. The number of hydrogen-bond donors (Lipinski definition) is 1. The maximum absolute atomic E-state index is 12.0. The molecule has 0 aliphatic carbocycles. The normalized spacial score (nSPS) is 11.5. The summed E-state index contributed by atoms with van der Waals surface area (Å²) in [6, 6.07) is 9.24. The number of hydrogen-bond acceptors (Lipinski definition) is 5. The topological polar surface area (TPSA) is 85.3 Å². The first-order chi connectivity index (χ1) is 11.1. The molecule has 1 aromatic carbocycles. The molecule has 23 heavy (non-hydrogen) atoms. The van der Waals surface area contributed by atoms with Crippen molar-refractivity contribution in [2.75, 3.05) is 0 Å². The summed E-state index contributed by atoms with van der Waals surface area (Å²) in [6.45, 7) is 3.56. The van der Waals surface area contributed by atoms with Crippen LogP contribution in [0.15, 0.2) is 58.8 Å². The average molecular weight is 309 g/mol. The zero-order chi connectivity index (χ0) is 16.2. The Morgan fingerprint density at radius 3 is 2.65 bits per heavy atom. The van der Waals surface area contributed by atoms with E-state index in [1.54, 1.807) is 24.0 Å². The Morgan fingerprint density at radius 2 is 2.04 bits per heavy atom. The molecule has 0 atom stereocenters. The molecular weight excluding hydrogens is 294 g/mol. The largest absolute Gasteiger partial charge is 0.469 e. The Bertz CT molecular complexity index is 832. The van der Waals surface area contributed by atoms with Gasteiger partial charge in [0.2, 0.25) is 0 Å². The van der Waals surface area contributed by atoms with Crippen LogP contribution < -0.4 is 5.43 Å². The summed E-state index contributed by atoms with van der Waals surface area (Å²) in [7, 11) is 0. The van der Waals surface area contributed by atoms with Gasteiger partial charge >= 0.3 is 0 Å². The van der Waals surface area contributed by atoms with E-state index < -0.39 is 0 Å². The van der Waals surface area contributed by atoms with E-state index >= 15 is 0 Å². The van der Waals surface area contributed by atoms with Crippen LogP contribution in [0.4, 0.5) is 0 Å².